The van der Waals surface area contributed by atoms with E-state index in [4.69, 9.17) is 19.3 Å². The van der Waals surface area contributed by atoms with Gasteiger partial charge in [-0.1, -0.05) is 20.8 Å². The third-order valence-electron chi connectivity index (χ3n) is 3.97. The summed E-state index contributed by atoms with van der Waals surface area (Å²) in [4.78, 5) is 21.3. The van der Waals surface area contributed by atoms with Gasteiger partial charge in [0.15, 0.2) is 0 Å². The minimum absolute atomic E-state index is 0.120. The minimum atomic E-state index is -2.71. The number of aliphatic carboxylic acids is 2. The van der Waals surface area contributed by atoms with Crippen LogP contribution in [0.15, 0.2) is 0 Å². The van der Waals surface area contributed by atoms with E-state index in [2.05, 4.69) is 0 Å². The van der Waals surface area contributed by atoms with Crippen molar-refractivity contribution in [3.63, 3.8) is 0 Å². The van der Waals surface area contributed by atoms with Gasteiger partial charge in [-0.15, -0.1) is 0 Å². The lowest BCUT2D eigenvalue weighted by atomic mass is 10.1. The molecule has 0 rings (SSSR count). The van der Waals surface area contributed by atoms with Gasteiger partial charge < -0.3 is 19.3 Å². The molecule has 26 heavy (non-hydrogen) atoms. The van der Waals surface area contributed by atoms with Gasteiger partial charge in [0.05, 0.1) is 18.4 Å². The fraction of sp³-hybridized carbons (Fsp3) is 0.875. The Hall–Kier alpha value is -0.680. The van der Waals surface area contributed by atoms with Crippen LogP contribution < -0.4 is 0 Å². The fourth-order valence-electron chi connectivity index (χ4n) is 2.08. The highest BCUT2D eigenvalue weighted by molar-refractivity contribution is 7.59. The lowest BCUT2D eigenvalue weighted by Gasteiger charge is -2.19. The molecule has 8 nitrogen and oxygen atoms in total. The zero-order chi connectivity index (χ0) is 21.0. The molecule has 0 aromatic carbocycles. The zero-order valence-corrected chi connectivity index (χ0v) is 18.4. The Morgan fingerprint density at radius 1 is 0.923 bits per heavy atom. The summed E-state index contributed by atoms with van der Waals surface area (Å²) in [6.07, 6.45) is 1.66. The van der Waals surface area contributed by atoms with E-state index in [1.165, 1.54) is 13.8 Å². The molecule has 0 aliphatic heterocycles. The summed E-state index contributed by atoms with van der Waals surface area (Å²) in [5, 5.41) is 17.5. The Bertz CT molecular complexity index is 520. The number of carbonyl (C=O) groups is 2. The van der Waals surface area contributed by atoms with Crippen molar-refractivity contribution in [1.82, 2.24) is 0 Å². The smallest absolute Gasteiger partial charge is 0.307 e. The Balaban J connectivity index is 0. The van der Waals surface area contributed by atoms with Crippen molar-refractivity contribution >= 4 is 26.7 Å². The summed E-state index contributed by atoms with van der Waals surface area (Å²) in [7, 11) is -4.05. The van der Waals surface area contributed by atoms with E-state index < -0.39 is 38.5 Å². The maximum absolute atomic E-state index is 12.0. The SMILES string of the molecule is CCC(CP(C)(=O)OC)C(=O)O.CCOP(=O)(CC)CC(CC)C(=O)O. The molecule has 2 N–H and O–H groups in total. The van der Waals surface area contributed by atoms with Crippen molar-refractivity contribution in [2.45, 2.75) is 40.5 Å². The maximum atomic E-state index is 12.0. The molecule has 10 heteroatoms. The van der Waals surface area contributed by atoms with Crippen LogP contribution in [-0.2, 0) is 27.8 Å². The van der Waals surface area contributed by atoms with E-state index in [0.717, 1.165) is 0 Å². The van der Waals surface area contributed by atoms with Crippen molar-refractivity contribution in [1.29, 1.82) is 0 Å². The molecule has 0 aliphatic rings. The van der Waals surface area contributed by atoms with Gasteiger partial charge in [0.1, 0.15) is 0 Å². The molecular weight excluding hydrogens is 382 g/mol. The average molecular weight is 416 g/mol. The summed E-state index contributed by atoms with van der Waals surface area (Å²) in [6, 6.07) is 0. The van der Waals surface area contributed by atoms with Gasteiger partial charge in [0.25, 0.3) is 0 Å². The summed E-state index contributed by atoms with van der Waals surface area (Å²) in [6.45, 7) is 8.91. The molecule has 156 valence electrons. The largest absolute Gasteiger partial charge is 0.481 e. The molecular formula is C16H34O8P2. The van der Waals surface area contributed by atoms with Crippen molar-refractivity contribution in [2.75, 3.05) is 38.9 Å². The van der Waals surface area contributed by atoms with Crippen molar-refractivity contribution in [3.8, 4) is 0 Å². The molecule has 0 heterocycles. The number of carboxylic acid groups (broad SMARTS) is 2. The molecule has 0 aromatic rings. The van der Waals surface area contributed by atoms with Gasteiger partial charge in [0, 0.05) is 32.3 Å². The molecule has 0 aromatic heterocycles. The van der Waals surface area contributed by atoms with E-state index >= 15 is 0 Å². The van der Waals surface area contributed by atoms with Crippen LogP contribution >= 0.6 is 14.7 Å². The second-order valence-corrected chi connectivity index (χ2v) is 11.6. The molecule has 0 radical (unpaired) electrons. The second kappa shape index (κ2) is 13.5. The number of hydrogen-bond donors (Lipinski definition) is 2. The van der Waals surface area contributed by atoms with Gasteiger partial charge >= 0.3 is 11.9 Å². The van der Waals surface area contributed by atoms with Crippen molar-refractivity contribution in [3.05, 3.63) is 0 Å². The number of carboxylic acids is 2. The van der Waals surface area contributed by atoms with Gasteiger partial charge in [0.2, 0.25) is 14.7 Å². The molecule has 0 spiro atoms. The summed E-state index contributed by atoms with van der Waals surface area (Å²) in [5.74, 6) is -2.90. The van der Waals surface area contributed by atoms with Crippen LogP contribution in [0.1, 0.15) is 40.5 Å². The quantitative estimate of drug-likeness (QED) is 0.456. The topological polar surface area (TPSA) is 127 Å². The van der Waals surface area contributed by atoms with Crippen LogP contribution in [0, 0.1) is 11.8 Å². The standard InChI is InChI=1S/C9H19O4P.C7H15O4P/c1-4-8(9(10)11)7-14(12,6-3)13-5-2;1-4-6(7(8)9)5-12(3,10)11-2/h8H,4-7H2,1-3H3,(H,10,11);6H,4-5H2,1-3H3,(H,8,9). The molecule has 0 amide bonds. The highest BCUT2D eigenvalue weighted by atomic mass is 31.2. The second-order valence-electron chi connectivity index (χ2n) is 6.00. The predicted molar refractivity (Wildman–Crippen MR) is 103 cm³/mol. The minimum Gasteiger partial charge on any atom is -0.481 e. The Morgan fingerprint density at radius 3 is 1.62 bits per heavy atom. The van der Waals surface area contributed by atoms with Gasteiger partial charge in [-0.2, -0.15) is 0 Å². The maximum Gasteiger partial charge on any atom is 0.307 e. The third kappa shape index (κ3) is 11.8. The van der Waals surface area contributed by atoms with E-state index in [1.54, 1.807) is 27.7 Å². The van der Waals surface area contributed by atoms with Gasteiger partial charge in [-0.05, 0) is 19.8 Å². The molecule has 4 unspecified atom stereocenters. The van der Waals surface area contributed by atoms with Crippen LogP contribution in [0.5, 0.6) is 0 Å². The first-order chi connectivity index (χ1) is 11.9. The fourth-order valence-corrected chi connectivity index (χ4v) is 5.55. The van der Waals surface area contributed by atoms with E-state index in [1.807, 2.05) is 0 Å². The Kier molecular flexibility index (Phi) is 14.3. The van der Waals surface area contributed by atoms with E-state index in [-0.39, 0.29) is 12.3 Å². The zero-order valence-electron chi connectivity index (χ0n) is 16.6. The molecule has 0 saturated carbocycles. The summed E-state index contributed by atoms with van der Waals surface area (Å²) >= 11 is 0. The van der Waals surface area contributed by atoms with Crippen LogP contribution in [0.3, 0.4) is 0 Å². The molecule has 0 fully saturated rings. The lowest BCUT2D eigenvalue weighted by molar-refractivity contribution is -0.142. The van der Waals surface area contributed by atoms with E-state index in [9.17, 15) is 18.7 Å². The van der Waals surface area contributed by atoms with E-state index in [0.29, 0.717) is 25.6 Å². The Labute approximate surface area is 156 Å². The van der Waals surface area contributed by atoms with Crippen molar-refractivity contribution in [2.24, 2.45) is 11.8 Å². The normalized spacial score (nSPS) is 17.8. The first-order valence-corrected chi connectivity index (χ1v) is 13.0. The van der Waals surface area contributed by atoms with Crippen molar-refractivity contribution < 1.29 is 38.0 Å². The first-order valence-electron chi connectivity index (χ1n) is 8.72. The molecule has 0 aliphatic carbocycles. The first kappa shape index (κ1) is 27.5. The monoisotopic (exact) mass is 416 g/mol. The van der Waals surface area contributed by atoms with Gasteiger partial charge in [-0.3, -0.25) is 18.7 Å². The number of rotatable bonds is 12. The van der Waals surface area contributed by atoms with Crippen LogP contribution in [0.4, 0.5) is 0 Å². The third-order valence-corrected chi connectivity index (χ3v) is 8.53. The lowest BCUT2D eigenvalue weighted by Crippen LogP contribution is -2.18. The summed E-state index contributed by atoms with van der Waals surface area (Å²) < 4.78 is 33.2. The van der Waals surface area contributed by atoms with Crippen LogP contribution in [0.25, 0.3) is 0 Å². The number of hydrogen-bond acceptors (Lipinski definition) is 6. The average Bonchev–Trinajstić information content (AvgIpc) is 2.58. The molecule has 4 atom stereocenters. The van der Waals surface area contributed by atoms with Crippen LogP contribution in [-0.4, -0.2) is 61.0 Å². The summed E-state index contributed by atoms with van der Waals surface area (Å²) in [5.41, 5.74) is 0. The highest BCUT2D eigenvalue weighted by Gasteiger charge is 2.28. The Morgan fingerprint density at radius 2 is 1.35 bits per heavy atom. The van der Waals surface area contributed by atoms with Gasteiger partial charge in [-0.25, -0.2) is 0 Å². The molecule has 0 saturated heterocycles. The highest BCUT2D eigenvalue weighted by Crippen LogP contribution is 2.48. The van der Waals surface area contributed by atoms with Crippen LogP contribution in [0.2, 0.25) is 0 Å². The molecule has 0 bridgehead atoms. The predicted octanol–water partition coefficient (Wildman–Crippen LogP) is 4.08.